The van der Waals surface area contributed by atoms with Gasteiger partial charge in [-0.2, -0.15) is 10.1 Å². The third-order valence-corrected chi connectivity index (χ3v) is 3.74. The second-order valence-corrected chi connectivity index (χ2v) is 5.50. The van der Waals surface area contributed by atoms with Crippen LogP contribution in [0.3, 0.4) is 0 Å². The largest absolute Gasteiger partial charge is 0.383 e. The Bertz CT molecular complexity index is 812. The fraction of sp³-hybridized carbons (Fsp3) is 0.308. The van der Waals surface area contributed by atoms with Crippen molar-refractivity contribution in [2.24, 2.45) is 7.05 Å². The second-order valence-electron chi connectivity index (χ2n) is 4.73. The van der Waals surface area contributed by atoms with Crippen LogP contribution in [-0.4, -0.2) is 38.0 Å². The zero-order chi connectivity index (χ0) is 15.7. The van der Waals surface area contributed by atoms with Crippen molar-refractivity contribution in [3.05, 3.63) is 28.8 Å². The predicted octanol–water partition coefficient (Wildman–Crippen LogP) is 2.86. The van der Waals surface area contributed by atoms with E-state index in [1.807, 2.05) is 11.6 Å². The molecule has 0 aliphatic heterocycles. The van der Waals surface area contributed by atoms with E-state index in [0.717, 1.165) is 11.0 Å². The van der Waals surface area contributed by atoms with Crippen molar-refractivity contribution >= 4 is 45.9 Å². The van der Waals surface area contributed by atoms with Gasteiger partial charge in [-0.05, 0) is 0 Å². The molecule has 0 bridgehead atoms. The third kappa shape index (κ3) is 2.87. The average Bonchev–Trinajstić information content (AvgIpc) is 2.98. The number of hydrogen-bond acceptors (Lipinski definition) is 5. The number of methoxy groups -OCH3 is 1. The first kappa shape index (κ1) is 15.1. The molecule has 0 unspecified atom stereocenters. The number of nitrogens with zero attached hydrogens (tertiary/aromatic N) is 5. The van der Waals surface area contributed by atoms with E-state index in [0.29, 0.717) is 35.0 Å². The first-order valence-electron chi connectivity index (χ1n) is 6.55. The summed E-state index contributed by atoms with van der Waals surface area (Å²) in [5, 5.41) is 9.02. The van der Waals surface area contributed by atoms with Crippen LogP contribution < -0.4 is 5.32 Å². The number of aromatic nitrogens is 5. The molecule has 0 saturated carbocycles. The summed E-state index contributed by atoms with van der Waals surface area (Å²) in [6, 6.07) is 0. The molecule has 0 saturated heterocycles. The minimum Gasteiger partial charge on any atom is -0.383 e. The van der Waals surface area contributed by atoms with E-state index in [1.54, 1.807) is 30.4 Å². The molecule has 3 aromatic heterocycles. The molecule has 0 spiro atoms. The molecule has 0 radical (unpaired) electrons. The van der Waals surface area contributed by atoms with Gasteiger partial charge in [0, 0.05) is 26.6 Å². The van der Waals surface area contributed by atoms with Crippen LogP contribution >= 0.6 is 23.2 Å². The molecule has 0 aliphatic rings. The molecule has 0 atom stereocenters. The van der Waals surface area contributed by atoms with Crippen LogP contribution in [0.2, 0.25) is 10.2 Å². The molecule has 3 heterocycles. The molecule has 1 N–H and O–H groups in total. The number of aryl methyl sites for hydroxylation is 1. The van der Waals surface area contributed by atoms with Gasteiger partial charge in [-0.15, -0.1) is 0 Å². The van der Waals surface area contributed by atoms with E-state index >= 15 is 0 Å². The zero-order valence-corrected chi connectivity index (χ0v) is 13.6. The predicted molar refractivity (Wildman–Crippen MR) is 85.9 cm³/mol. The van der Waals surface area contributed by atoms with Crippen molar-refractivity contribution in [2.45, 2.75) is 6.54 Å². The van der Waals surface area contributed by atoms with E-state index in [9.17, 15) is 0 Å². The minimum absolute atomic E-state index is 0.352. The van der Waals surface area contributed by atoms with E-state index in [1.165, 1.54) is 0 Å². The monoisotopic (exact) mass is 340 g/mol. The minimum atomic E-state index is 0.352. The fourth-order valence-electron chi connectivity index (χ4n) is 2.07. The van der Waals surface area contributed by atoms with Crippen LogP contribution in [0.15, 0.2) is 18.6 Å². The molecule has 0 aliphatic carbocycles. The number of hydrogen-bond donors (Lipinski definition) is 1. The van der Waals surface area contributed by atoms with Gasteiger partial charge >= 0.3 is 0 Å². The van der Waals surface area contributed by atoms with E-state index in [-0.39, 0.29) is 0 Å². The SMILES string of the molecule is COCCn1cc(Nc2ncc3c(Cl)cn(C)c3n2)c(Cl)n1. The topological polar surface area (TPSA) is 69.8 Å². The number of ether oxygens (including phenoxy) is 1. The molecular weight excluding hydrogens is 327 g/mol. The summed E-state index contributed by atoms with van der Waals surface area (Å²) < 4.78 is 8.55. The summed E-state index contributed by atoms with van der Waals surface area (Å²) in [7, 11) is 3.51. The van der Waals surface area contributed by atoms with E-state index < -0.39 is 0 Å². The van der Waals surface area contributed by atoms with Crippen molar-refractivity contribution < 1.29 is 4.74 Å². The van der Waals surface area contributed by atoms with Crippen molar-refractivity contribution in [3.63, 3.8) is 0 Å². The van der Waals surface area contributed by atoms with E-state index in [4.69, 9.17) is 27.9 Å². The van der Waals surface area contributed by atoms with Gasteiger partial charge < -0.3 is 14.6 Å². The lowest BCUT2D eigenvalue weighted by Crippen LogP contribution is -2.04. The summed E-state index contributed by atoms with van der Waals surface area (Å²) in [5.74, 6) is 0.429. The van der Waals surface area contributed by atoms with Crippen molar-refractivity contribution in [1.82, 2.24) is 24.3 Å². The van der Waals surface area contributed by atoms with Crippen LogP contribution in [0.5, 0.6) is 0 Å². The smallest absolute Gasteiger partial charge is 0.229 e. The highest BCUT2D eigenvalue weighted by molar-refractivity contribution is 6.35. The van der Waals surface area contributed by atoms with Crippen LogP contribution in [0.25, 0.3) is 11.0 Å². The van der Waals surface area contributed by atoms with Crippen molar-refractivity contribution in [1.29, 1.82) is 0 Å². The summed E-state index contributed by atoms with van der Waals surface area (Å²) in [6.07, 6.45) is 5.25. The molecule has 0 amide bonds. The van der Waals surface area contributed by atoms with Crippen LogP contribution in [-0.2, 0) is 18.3 Å². The summed E-state index contributed by atoms with van der Waals surface area (Å²) >= 11 is 12.2. The molecule has 9 heteroatoms. The molecule has 3 aromatic rings. The van der Waals surface area contributed by atoms with Crippen molar-refractivity contribution in [3.8, 4) is 0 Å². The number of rotatable bonds is 5. The maximum absolute atomic E-state index is 6.11. The molecular formula is C13H14Cl2N6O. The van der Waals surface area contributed by atoms with Gasteiger partial charge in [-0.1, -0.05) is 23.2 Å². The quantitative estimate of drug-likeness (QED) is 0.773. The number of fused-ring (bicyclic) bond motifs is 1. The summed E-state index contributed by atoms with van der Waals surface area (Å²) in [6.45, 7) is 1.17. The Morgan fingerprint density at radius 2 is 2.14 bits per heavy atom. The molecule has 22 heavy (non-hydrogen) atoms. The summed E-state index contributed by atoms with van der Waals surface area (Å²) in [4.78, 5) is 8.69. The van der Waals surface area contributed by atoms with Gasteiger partial charge in [-0.3, -0.25) is 4.68 Å². The van der Waals surface area contributed by atoms with Crippen LogP contribution in [0.4, 0.5) is 11.6 Å². The molecule has 7 nitrogen and oxygen atoms in total. The van der Waals surface area contributed by atoms with Gasteiger partial charge in [0.2, 0.25) is 5.95 Å². The molecule has 3 rings (SSSR count). The maximum atomic E-state index is 6.11. The van der Waals surface area contributed by atoms with E-state index in [2.05, 4.69) is 20.4 Å². The average molecular weight is 341 g/mol. The summed E-state index contributed by atoms with van der Waals surface area (Å²) in [5.41, 5.74) is 1.38. The Balaban J connectivity index is 1.86. The Morgan fingerprint density at radius 1 is 1.32 bits per heavy atom. The normalized spacial score (nSPS) is 11.3. The second kappa shape index (κ2) is 6.12. The Hall–Kier alpha value is -1.83. The first-order valence-corrected chi connectivity index (χ1v) is 7.30. The Labute approximate surface area is 136 Å². The van der Waals surface area contributed by atoms with Crippen molar-refractivity contribution in [2.75, 3.05) is 19.0 Å². The molecule has 0 fully saturated rings. The maximum Gasteiger partial charge on any atom is 0.229 e. The first-order chi connectivity index (χ1) is 10.6. The zero-order valence-electron chi connectivity index (χ0n) is 12.0. The lowest BCUT2D eigenvalue weighted by atomic mass is 10.4. The standard InChI is InChI=1S/C13H14Cl2N6O/c1-20-6-9(14)8-5-16-13(18-12(8)20)17-10-7-21(3-4-22-2)19-11(10)15/h5-7H,3-4H2,1-2H3,(H,16,17,18). The van der Waals surface area contributed by atoms with Gasteiger partial charge in [-0.25, -0.2) is 4.98 Å². The highest BCUT2D eigenvalue weighted by atomic mass is 35.5. The Morgan fingerprint density at radius 3 is 2.91 bits per heavy atom. The van der Waals surface area contributed by atoms with Gasteiger partial charge in [0.15, 0.2) is 5.15 Å². The number of anilines is 2. The highest BCUT2D eigenvalue weighted by Gasteiger charge is 2.11. The number of nitrogens with one attached hydrogen (secondary N) is 1. The Kier molecular flexibility index (Phi) is 4.19. The number of halogens is 2. The lowest BCUT2D eigenvalue weighted by molar-refractivity contribution is 0.183. The molecule has 116 valence electrons. The van der Waals surface area contributed by atoms with Gasteiger partial charge in [0.1, 0.15) is 5.65 Å². The fourth-order valence-corrected chi connectivity index (χ4v) is 2.55. The highest BCUT2D eigenvalue weighted by Crippen LogP contribution is 2.26. The van der Waals surface area contributed by atoms with Crippen LogP contribution in [0.1, 0.15) is 0 Å². The third-order valence-electron chi connectivity index (χ3n) is 3.15. The van der Waals surface area contributed by atoms with Gasteiger partial charge in [0.05, 0.1) is 35.4 Å². The lowest BCUT2D eigenvalue weighted by Gasteiger charge is -2.03. The molecule has 0 aromatic carbocycles. The van der Waals surface area contributed by atoms with Crippen LogP contribution in [0, 0.1) is 0 Å². The van der Waals surface area contributed by atoms with Gasteiger partial charge in [0.25, 0.3) is 0 Å².